The van der Waals surface area contributed by atoms with E-state index in [0.29, 0.717) is 42.8 Å². The highest BCUT2D eigenvalue weighted by molar-refractivity contribution is 6.31. The van der Waals surface area contributed by atoms with E-state index in [4.69, 9.17) is 16.3 Å². The lowest BCUT2D eigenvalue weighted by Gasteiger charge is -2.29. The van der Waals surface area contributed by atoms with Gasteiger partial charge in [-0.3, -0.25) is 14.6 Å². The Hall–Kier alpha value is -3.95. The molecule has 2 amide bonds. The number of amides is 2. The summed E-state index contributed by atoms with van der Waals surface area (Å²) >= 11 is 6.09. The van der Waals surface area contributed by atoms with Crippen LogP contribution < -0.4 is 10.2 Å². The van der Waals surface area contributed by atoms with Crippen LogP contribution in [0.3, 0.4) is 0 Å². The molecule has 0 radical (unpaired) electrons. The van der Waals surface area contributed by atoms with Crippen LogP contribution in [0.25, 0.3) is 10.9 Å². The van der Waals surface area contributed by atoms with Gasteiger partial charge < -0.3 is 24.8 Å². The van der Waals surface area contributed by atoms with Crippen molar-refractivity contribution in [2.75, 3.05) is 43.1 Å². The minimum absolute atomic E-state index is 0.0511. The van der Waals surface area contributed by atoms with Gasteiger partial charge in [0.25, 0.3) is 5.91 Å². The van der Waals surface area contributed by atoms with Crippen LogP contribution in [0.2, 0.25) is 5.02 Å². The van der Waals surface area contributed by atoms with E-state index >= 15 is 0 Å². The number of fused-ring (bicyclic) bond motifs is 2. The Balaban J connectivity index is 1.11. The Morgan fingerprint density at radius 3 is 2.76 bits per heavy atom. The molecular weight excluding hydrogens is 504 g/mol. The van der Waals surface area contributed by atoms with Crippen LogP contribution in [0, 0.1) is 0 Å². The van der Waals surface area contributed by atoms with Crippen LogP contribution in [-0.2, 0) is 28.9 Å². The fourth-order valence-electron chi connectivity index (χ4n) is 5.01. The summed E-state index contributed by atoms with van der Waals surface area (Å²) in [7, 11) is 0. The molecule has 1 fully saturated rings. The van der Waals surface area contributed by atoms with Crippen molar-refractivity contribution in [2.24, 2.45) is 0 Å². The van der Waals surface area contributed by atoms with Crippen LogP contribution in [0.4, 0.5) is 11.6 Å². The van der Waals surface area contributed by atoms with E-state index in [2.05, 4.69) is 31.2 Å². The number of aromatic amines is 1. The van der Waals surface area contributed by atoms with Gasteiger partial charge >= 0.3 is 0 Å². The van der Waals surface area contributed by atoms with E-state index in [1.807, 2.05) is 41.3 Å². The van der Waals surface area contributed by atoms with Gasteiger partial charge in [-0.2, -0.15) is 0 Å². The molecule has 9 nitrogen and oxygen atoms in total. The molecule has 2 aliphatic heterocycles. The smallest absolute Gasteiger partial charge is 0.270 e. The highest BCUT2D eigenvalue weighted by atomic mass is 35.5. The summed E-state index contributed by atoms with van der Waals surface area (Å²) in [6.07, 6.45) is 4.22. The van der Waals surface area contributed by atoms with Crippen molar-refractivity contribution in [1.29, 1.82) is 0 Å². The van der Waals surface area contributed by atoms with Gasteiger partial charge in [-0.05, 0) is 41.3 Å². The molecular formula is C28H27ClN6O3. The van der Waals surface area contributed by atoms with Crippen molar-refractivity contribution >= 4 is 46.0 Å². The van der Waals surface area contributed by atoms with Crippen LogP contribution in [-0.4, -0.2) is 64.5 Å². The number of ether oxygens (including phenoxy) is 1. The monoisotopic (exact) mass is 530 g/mol. The minimum atomic E-state index is -0.168. The molecule has 2 aromatic carbocycles. The summed E-state index contributed by atoms with van der Waals surface area (Å²) in [4.78, 5) is 42.0. The number of H-pyrrole nitrogens is 1. The highest BCUT2D eigenvalue weighted by Gasteiger charge is 2.24. The molecule has 0 aliphatic carbocycles. The first kappa shape index (κ1) is 24.4. The highest BCUT2D eigenvalue weighted by Crippen LogP contribution is 2.25. The second-order valence-corrected chi connectivity index (χ2v) is 10.0. The number of morpholine rings is 1. The lowest BCUT2D eigenvalue weighted by atomic mass is 9.96. The van der Waals surface area contributed by atoms with Crippen molar-refractivity contribution < 1.29 is 14.3 Å². The van der Waals surface area contributed by atoms with Crippen molar-refractivity contribution in [3.63, 3.8) is 0 Å². The molecule has 4 aromatic rings. The predicted octanol–water partition coefficient (Wildman–Crippen LogP) is 3.83. The van der Waals surface area contributed by atoms with Gasteiger partial charge in [-0.25, -0.2) is 4.98 Å². The number of hydrogen-bond donors (Lipinski definition) is 2. The van der Waals surface area contributed by atoms with Gasteiger partial charge in [0, 0.05) is 42.1 Å². The second-order valence-electron chi connectivity index (χ2n) is 9.58. The molecule has 2 aliphatic rings. The van der Waals surface area contributed by atoms with E-state index in [0.717, 1.165) is 47.4 Å². The lowest BCUT2D eigenvalue weighted by Crippen LogP contribution is -2.37. The molecule has 38 heavy (non-hydrogen) atoms. The zero-order chi connectivity index (χ0) is 26.1. The molecule has 1 saturated heterocycles. The third-order valence-electron chi connectivity index (χ3n) is 6.97. The van der Waals surface area contributed by atoms with Gasteiger partial charge in [0.05, 0.1) is 32.0 Å². The molecule has 0 unspecified atom stereocenters. The third kappa shape index (κ3) is 5.20. The zero-order valence-corrected chi connectivity index (χ0v) is 21.5. The summed E-state index contributed by atoms with van der Waals surface area (Å²) < 4.78 is 5.39. The number of carbonyl (C=O) groups is 2. The van der Waals surface area contributed by atoms with Crippen molar-refractivity contribution in [3.05, 3.63) is 82.3 Å². The molecule has 10 heteroatoms. The summed E-state index contributed by atoms with van der Waals surface area (Å²) in [5.41, 5.74) is 4.52. The zero-order valence-electron chi connectivity index (χ0n) is 20.7. The fourth-order valence-corrected chi connectivity index (χ4v) is 5.18. The normalized spacial score (nSPS) is 15.4. The Kier molecular flexibility index (Phi) is 6.70. The number of nitrogens with zero attached hydrogens (tertiary/aromatic N) is 4. The van der Waals surface area contributed by atoms with Crippen LogP contribution >= 0.6 is 11.6 Å². The van der Waals surface area contributed by atoms with E-state index in [9.17, 15) is 9.59 Å². The number of rotatable bonds is 5. The molecule has 2 aromatic heterocycles. The maximum absolute atomic E-state index is 13.2. The SMILES string of the molecule is O=C(Cc1ccc2c(c1)CN(C(=O)c1cc3ccc(Cl)cc3[nH]1)CC2)Nc1cncc(N2CCOCC2)n1. The number of halogens is 1. The van der Waals surface area contributed by atoms with Gasteiger partial charge in [0.1, 0.15) is 11.5 Å². The number of nitrogens with one attached hydrogen (secondary N) is 2. The van der Waals surface area contributed by atoms with Gasteiger partial charge in [-0.1, -0.05) is 35.9 Å². The first-order valence-corrected chi connectivity index (χ1v) is 13.0. The Bertz CT molecular complexity index is 1510. The quantitative estimate of drug-likeness (QED) is 0.406. The first-order valence-electron chi connectivity index (χ1n) is 12.6. The van der Waals surface area contributed by atoms with E-state index in [-0.39, 0.29) is 18.2 Å². The topological polar surface area (TPSA) is 103 Å². The number of anilines is 2. The predicted molar refractivity (Wildman–Crippen MR) is 146 cm³/mol. The van der Waals surface area contributed by atoms with E-state index in [1.165, 1.54) is 5.56 Å². The van der Waals surface area contributed by atoms with Gasteiger partial charge in [0.2, 0.25) is 5.91 Å². The lowest BCUT2D eigenvalue weighted by molar-refractivity contribution is -0.115. The van der Waals surface area contributed by atoms with E-state index < -0.39 is 0 Å². The van der Waals surface area contributed by atoms with Crippen LogP contribution in [0.15, 0.2) is 54.9 Å². The summed E-state index contributed by atoms with van der Waals surface area (Å²) in [6, 6.07) is 13.5. The first-order chi connectivity index (χ1) is 18.5. The largest absolute Gasteiger partial charge is 0.378 e. The average molecular weight is 531 g/mol. The van der Waals surface area contributed by atoms with E-state index in [1.54, 1.807) is 12.4 Å². The molecule has 6 rings (SSSR count). The minimum Gasteiger partial charge on any atom is -0.378 e. The molecule has 0 atom stereocenters. The number of aromatic nitrogens is 3. The van der Waals surface area contributed by atoms with Gasteiger partial charge in [0.15, 0.2) is 5.82 Å². The molecule has 0 bridgehead atoms. The molecule has 194 valence electrons. The number of benzene rings is 2. The second kappa shape index (κ2) is 10.4. The Labute approximate surface area is 224 Å². The summed E-state index contributed by atoms with van der Waals surface area (Å²) in [5.74, 6) is 0.930. The summed E-state index contributed by atoms with van der Waals surface area (Å²) in [5, 5.41) is 4.44. The van der Waals surface area contributed by atoms with Crippen LogP contribution in [0.5, 0.6) is 0 Å². The summed E-state index contributed by atoms with van der Waals surface area (Å²) in [6.45, 7) is 3.92. The standard InChI is InChI=1S/C28H27ClN6O3/c29-22-4-3-20-13-24(31-23(20)14-22)28(37)35-6-5-19-2-1-18(11-21(19)17-35)12-27(36)33-25-15-30-16-26(32-25)34-7-9-38-10-8-34/h1-4,11,13-16,31H,5-10,12,17H2,(H,32,33,36). The van der Waals surface area contributed by atoms with Crippen molar-refractivity contribution in [2.45, 2.75) is 19.4 Å². The van der Waals surface area contributed by atoms with Crippen molar-refractivity contribution in [1.82, 2.24) is 19.9 Å². The maximum atomic E-state index is 13.2. The van der Waals surface area contributed by atoms with Crippen LogP contribution in [0.1, 0.15) is 27.2 Å². The molecule has 0 saturated carbocycles. The molecule has 0 spiro atoms. The average Bonchev–Trinajstić information content (AvgIpc) is 3.36. The van der Waals surface area contributed by atoms with Gasteiger partial charge in [-0.15, -0.1) is 0 Å². The Morgan fingerprint density at radius 2 is 1.89 bits per heavy atom. The third-order valence-corrected chi connectivity index (χ3v) is 7.21. The fraction of sp³-hybridized carbons (Fsp3) is 0.286. The Morgan fingerprint density at radius 1 is 1.03 bits per heavy atom. The molecule has 4 heterocycles. The molecule has 2 N–H and O–H groups in total. The van der Waals surface area contributed by atoms with Crippen molar-refractivity contribution in [3.8, 4) is 0 Å². The maximum Gasteiger partial charge on any atom is 0.270 e. The number of hydrogen-bond acceptors (Lipinski definition) is 6. The number of carbonyl (C=O) groups excluding carboxylic acids is 2.